The van der Waals surface area contributed by atoms with E-state index in [4.69, 9.17) is 16.2 Å². The Hall–Kier alpha value is -1.63. The van der Waals surface area contributed by atoms with Crippen molar-refractivity contribution in [2.45, 2.75) is 0 Å². The summed E-state index contributed by atoms with van der Waals surface area (Å²) in [7, 11) is 1.36. The molecule has 0 atom stereocenters. The molecule has 0 saturated carbocycles. The van der Waals surface area contributed by atoms with Gasteiger partial charge in [0.2, 0.25) is 5.96 Å². The number of hydrogen-bond acceptors (Lipinski definition) is 3. The van der Waals surface area contributed by atoms with Gasteiger partial charge in [-0.15, -0.1) is 5.10 Å². The van der Waals surface area contributed by atoms with Crippen LogP contribution in [0.4, 0.5) is 4.39 Å². The van der Waals surface area contributed by atoms with Crippen molar-refractivity contribution in [1.82, 2.24) is 0 Å². The Balaban J connectivity index is 3.10. The Labute approximate surface area is 100 Å². The number of nitrogens with zero attached hydrogens (tertiary/aromatic N) is 2. The predicted octanol–water partition coefficient (Wildman–Crippen LogP) is 1.20. The number of hydrogen-bond donors (Lipinski definition) is 2. The first-order valence-corrected chi connectivity index (χ1v) is 4.99. The molecule has 1 rings (SSSR count). The summed E-state index contributed by atoms with van der Waals surface area (Å²) in [6.07, 6.45) is 1.30. The van der Waals surface area contributed by atoms with Crippen LogP contribution in [0.25, 0.3) is 0 Å². The average molecular weight is 289 g/mol. The molecule has 0 aliphatic carbocycles. The molecule has 0 unspecified atom stereocenters. The van der Waals surface area contributed by atoms with E-state index in [1.54, 1.807) is 6.07 Å². The molecule has 0 amide bonds. The molecule has 0 fully saturated rings. The molecule has 0 spiro atoms. The Kier molecular flexibility index (Phi) is 4.24. The molecule has 4 N–H and O–H groups in total. The maximum atomic E-state index is 13.5. The second-order valence-corrected chi connectivity index (χ2v) is 3.61. The highest BCUT2D eigenvalue weighted by Gasteiger charge is 2.10. The van der Waals surface area contributed by atoms with Crippen LogP contribution in [0, 0.1) is 5.82 Å². The minimum atomic E-state index is -0.504. The van der Waals surface area contributed by atoms with E-state index in [2.05, 4.69) is 26.1 Å². The van der Waals surface area contributed by atoms with Crippen molar-refractivity contribution in [3.63, 3.8) is 0 Å². The lowest BCUT2D eigenvalue weighted by Gasteiger charge is -2.06. The van der Waals surface area contributed by atoms with Gasteiger partial charge in [-0.2, -0.15) is 5.10 Å². The smallest absolute Gasteiger partial charge is 0.211 e. The molecule has 1 aromatic rings. The number of guanidine groups is 1. The van der Waals surface area contributed by atoms with Gasteiger partial charge in [-0.1, -0.05) is 0 Å². The molecule has 0 heterocycles. The lowest BCUT2D eigenvalue weighted by Crippen LogP contribution is -2.21. The third-order valence-corrected chi connectivity index (χ3v) is 2.27. The lowest BCUT2D eigenvalue weighted by molar-refractivity contribution is 0.384. The molecule has 1 aromatic carbocycles. The zero-order chi connectivity index (χ0) is 12.1. The molecule has 5 nitrogen and oxygen atoms in total. The maximum Gasteiger partial charge on any atom is 0.211 e. The molecule has 0 aliphatic rings. The topological polar surface area (TPSA) is 86.0 Å². The number of rotatable bonds is 3. The third kappa shape index (κ3) is 2.93. The van der Waals surface area contributed by atoms with Crippen molar-refractivity contribution in [2.75, 3.05) is 7.11 Å². The van der Waals surface area contributed by atoms with Gasteiger partial charge in [0.15, 0.2) is 11.6 Å². The molecule has 0 bridgehead atoms. The molecular formula is C9H10BrFN4O. The van der Waals surface area contributed by atoms with Crippen LogP contribution in [0.5, 0.6) is 5.75 Å². The number of methoxy groups -OCH3 is 1. The van der Waals surface area contributed by atoms with Crippen LogP contribution in [0.1, 0.15) is 5.56 Å². The van der Waals surface area contributed by atoms with Crippen molar-refractivity contribution < 1.29 is 9.13 Å². The molecule has 0 radical (unpaired) electrons. The van der Waals surface area contributed by atoms with Gasteiger partial charge in [-0.25, -0.2) is 4.39 Å². The van der Waals surface area contributed by atoms with E-state index in [0.29, 0.717) is 10.0 Å². The van der Waals surface area contributed by atoms with E-state index in [9.17, 15) is 4.39 Å². The zero-order valence-corrected chi connectivity index (χ0v) is 10.0. The van der Waals surface area contributed by atoms with E-state index in [-0.39, 0.29) is 11.7 Å². The van der Waals surface area contributed by atoms with Crippen molar-refractivity contribution in [2.24, 2.45) is 21.7 Å². The van der Waals surface area contributed by atoms with Crippen LogP contribution in [0.3, 0.4) is 0 Å². The van der Waals surface area contributed by atoms with Crippen LogP contribution in [0.15, 0.2) is 26.8 Å². The van der Waals surface area contributed by atoms with Crippen molar-refractivity contribution in [3.8, 4) is 5.75 Å². The van der Waals surface area contributed by atoms with Gasteiger partial charge < -0.3 is 16.2 Å². The van der Waals surface area contributed by atoms with Gasteiger partial charge in [0, 0.05) is 5.56 Å². The largest absolute Gasteiger partial charge is 0.493 e. The van der Waals surface area contributed by atoms with Gasteiger partial charge >= 0.3 is 0 Å². The molecule has 7 heteroatoms. The van der Waals surface area contributed by atoms with Gasteiger partial charge in [-0.3, -0.25) is 0 Å². The summed E-state index contributed by atoms with van der Waals surface area (Å²) in [4.78, 5) is 0. The fraction of sp³-hybridized carbons (Fsp3) is 0.111. The van der Waals surface area contributed by atoms with Crippen molar-refractivity contribution in [1.29, 1.82) is 0 Å². The number of ether oxygens (including phenoxy) is 1. The monoisotopic (exact) mass is 288 g/mol. The van der Waals surface area contributed by atoms with E-state index in [1.165, 1.54) is 19.4 Å². The van der Waals surface area contributed by atoms with Gasteiger partial charge in [0.1, 0.15) is 0 Å². The van der Waals surface area contributed by atoms with Crippen LogP contribution in [-0.2, 0) is 0 Å². The molecular weight excluding hydrogens is 279 g/mol. The summed E-state index contributed by atoms with van der Waals surface area (Å²) < 4.78 is 18.7. The molecule has 86 valence electrons. The van der Waals surface area contributed by atoms with Gasteiger partial charge in [-0.05, 0) is 28.1 Å². The summed E-state index contributed by atoms with van der Waals surface area (Å²) in [5.41, 5.74) is 10.6. The highest BCUT2D eigenvalue weighted by atomic mass is 79.9. The predicted molar refractivity (Wildman–Crippen MR) is 64.1 cm³/mol. The first kappa shape index (κ1) is 12.4. The summed E-state index contributed by atoms with van der Waals surface area (Å²) in [5.74, 6) is -0.604. The average Bonchev–Trinajstić information content (AvgIpc) is 2.23. The van der Waals surface area contributed by atoms with Crippen molar-refractivity contribution in [3.05, 3.63) is 28.0 Å². The number of halogens is 2. The first-order chi connectivity index (χ1) is 7.56. The van der Waals surface area contributed by atoms with Crippen LogP contribution in [0.2, 0.25) is 0 Å². The molecule has 16 heavy (non-hydrogen) atoms. The van der Waals surface area contributed by atoms with Crippen LogP contribution < -0.4 is 16.2 Å². The summed E-state index contributed by atoms with van der Waals surface area (Å²) in [5, 5.41) is 6.97. The second-order valence-electron chi connectivity index (χ2n) is 2.75. The van der Waals surface area contributed by atoms with E-state index in [1.807, 2.05) is 0 Å². The maximum absolute atomic E-state index is 13.5. The standard InChI is InChI=1S/C9H10BrFN4O/c1-16-8-5(4-14-15-9(12)13)2-3-6(10)7(8)11/h2-4H,1H3,(H4,12,13,15). The molecule has 0 aliphatic heterocycles. The third-order valence-electron chi connectivity index (χ3n) is 1.65. The Morgan fingerprint density at radius 1 is 1.50 bits per heavy atom. The highest BCUT2D eigenvalue weighted by Crippen LogP contribution is 2.27. The number of nitrogens with two attached hydrogens (primary N) is 2. The zero-order valence-electron chi connectivity index (χ0n) is 8.45. The SMILES string of the molecule is COc1c(C=NN=C(N)N)ccc(Br)c1F. The number of benzene rings is 1. The quantitative estimate of drug-likeness (QED) is 0.498. The molecule has 0 aromatic heterocycles. The molecule has 0 saturated heterocycles. The Morgan fingerprint density at radius 2 is 2.19 bits per heavy atom. The first-order valence-electron chi connectivity index (χ1n) is 4.20. The fourth-order valence-electron chi connectivity index (χ4n) is 1.01. The van der Waals surface area contributed by atoms with Crippen LogP contribution >= 0.6 is 15.9 Å². The van der Waals surface area contributed by atoms with Crippen LogP contribution in [-0.4, -0.2) is 19.3 Å². The van der Waals surface area contributed by atoms with E-state index in [0.717, 1.165) is 0 Å². The summed E-state index contributed by atoms with van der Waals surface area (Å²) in [6, 6.07) is 3.16. The summed E-state index contributed by atoms with van der Waals surface area (Å²) >= 11 is 3.05. The minimum absolute atomic E-state index is 0.0731. The highest BCUT2D eigenvalue weighted by molar-refractivity contribution is 9.10. The second kappa shape index (κ2) is 5.45. The van der Waals surface area contributed by atoms with Gasteiger partial charge in [0.25, 0.3) is 0 Å². The van der Waals surface area contributed by atoms with Gasteiger partial charge in [0.05, 0.1) is 17.8 Å². The Bertz CT molecular complexity index is 443. The lowest BCUT2D eigenvalue weighted by atomic mass is 10.2. The minimum Gasteiger partial charge on any atom is -0.493 e. The van der Waals surface area contributed by atoms with E-state index >= 15 is 0 Å². The summed E-state index contributed by atoms with van der Waals surface area (Å²) in [6.45, 7) is 0. The Morgan fingerprint density at radius 3 is 2.75 bits per heavy atom. The van der Waals surface area contributed by atoms with Crippen molar-refractivity contribution >= 4 is 28.1 Å². The normalized spacial score (nSPS) is 10.4. The fourth-order valence-corrected chi connectivity index (χ4v) is 1.33. The van der Waals surface area contributed by atoms with E-state index < -0.39 is 5.82 Å².